The zero-order chi connectivity index (χ0) is 13.2. The fourth-order valence-electron chi connectivity index (χ4n) is 1.91. The van der Waals surface area contributed by atoms with Gasteiger partial charge in [-0.25, -0.2) is 0 Å². The van der Waals surface area contributed by atoms with Crippen molar-refractivity contribution in [3.8, 4) is 0 Å². The van der Waals surface area contributed by atoms with Crippen molar-refractivity contribution in [3.05, 3.63) is 0 Å². The zero-order valence-corrected chi connectivity index (χ0v) is 10.4. The molecule has 17 heavy (non-hydrogen) atoms. The average molecular weight is 241 g/mol. The Morgan fingerprint density at radius 2 is 1.94 bits per heavy atom. The summed E-state index contributed by atoms with van der Waals surface area (Å²) in [6.07, 6.45) is 0.983. The summed E-state index contributed by atoms with van der Waals surface area (Å²) in [5.74, 6) is -2.79. The molecule has 5 nitrogen and oxygen atoms in total. The number of carbonyl (C=O) groups excluding carboxylic acids is 2. The van der Waals surface area contributed by atoms with Gasteiger partial charge in [0.1, 0.15) is 6.04 Å². The second-order valence-corrected chi connectivity index (χ2v) is 5.10. The molecule has 1 aliphatic rings. The standard InChI is InChI=1S/C12H19NO4/c1-4-12(2,3)10(15)9(14)7-5-6-13-8(7)11(16)17/h7-8,13H,4-6H2,1-3H3,(H,16,17)/t7?,8-/m0/s1. The van der Waals surface area contributed by atoms with Crippen LogP contribution in [0, 0.1) is 11.3 Å². The lowest BCUT2D eigenvalue weighted by Crippen LogP contribution is -2.43. The van der Waals surface area contributed by atoms with Gasteiger partial charge in [-0.2, -0.15) is 0 Å². The minimum absolute atomic E-state index is 0.418. The second kappa shape index (κ2) is 4.96. The Labute approximate surface area is 101 Å². The van der Waals surface area contributed by atoms with E-state index in [1.165, 1.54) is 0 Å². The van der Waals surface area contributed by atoms with Crippen LogP contribution in [0.15, 0.2) is 0 Å². The first kappa shape index (κ1) is 13.8. The predicted octanol–water partition coefficient (Wildman–Crippen LogP) is 0.623. The van der Waals surface area contributed by atoms with E-state index in [0.29, 0.717) is 19.4 Å². The van der Waals surface area contributed by atoms with Gasteiger partial charge >= 0.3 is 5.97 Å². The van der Waals surface area contributed by atoms with Crippen LogP contribution >= 0.6 is 0 Å². The van der Waals surface area contributed by atoms with Crippen molar-refractivity contribution >= 4 is 17.5 Å². The molecule has 1 fully saturated rings. The lowest BCUT2D eigenvalue weighted by molar-refractivity contribution is -0.147. The van der Waals surface area contributed by atoms with E-state index in [2.05, 4.69) is 5.32 Å². The molecule has 0 spiro atoms. The molecule has 0 bridgehead atoms. The molecule has 0 amide bonds. The van der Waals surface area contributed by atoms with Crippen LogP contribution < -0.4 is 5.32 Å². The van der Waals surface area contributed by atoms with E-state index in [9.17, 15) is 14.4 Å². The Kier molecular flexibility index (Phi) is 4.03. The van der Waals surface area contributed by atoms with Crippen LogP contribution in [-0.2, 0) is 14.4 Å². The van der Waals surface area contributed by atoms with Gasteiger partial charge in [-0.05, 0) is 19.4 Å². The van der Waals surface area contributed by atoms with Crippen molar-refractivity contribution in [3.63, 3.8) is 0 Å². The lowest BCUT2D eigenvalue weighted by atomic mass is 9.79. The summed E-state index contributed by atoms with van der Waals surface area (Å²) in [5, 5.41) is 11.7. The van der Waals surface area contributed by atoms with E-state index < -0.39 is 34.9 Å². The van der Waals surface area contributed by atoms with Gasteiger partial charge in [0.25, 0.3) is 0 Å². The van der Waals surface area contributed by atoms with Gasteiger partial charge in [0.15, 0.2) is 0 Å². The van der Waals surface area contributed by atoms with Gasteiger partial charge in [-0.1, -0.05) is 20.8 Å². The monoisotopic (exact) mass is 241 g/mol. The number of hydrogen-bond acceptors (Lipinski definition) is 4. The van der Waals surface area contributed by atoms with Crippen molar-refractivity contribution in [1.29, 1.82) is 0 Å². The predicted molar refractivity (Wildman–Crippen MR) is 61.6 cm³/mol. The lowest BCUT2D eigenvalue weighted by Gasteiger charge is -2.22. The van der Waals surface area contributed by atoms with E-state index in [1.807, 2.05) is 6.92 Å². The van der Waals surface area contributed by atoms with Crippen LogP contribution in [0.25, 0.3) is 0 Å². The number of ketones is 2. The molecule has 1 unspecified atom stereocenters. The highest BCUT2D eigenvalue weighted by Crippen LogP contribution is 2.26. The van der Waals surface area contributed by atoms with E-state index in [-0.39, 0.29) is 0 Å². The van der Waals surface area contributed by atoms with E-state index in [0.717, 1.165) is 0 Å². The van der Waals surface area contributed by atoms with E-state index in [4.69, 9.17) is 5.11 Å². The maximum atomic E-state index is 12.0. The summed E-state index contributed by atoms with van der Waals surface area (Å²) < 4.78 is 0. The van der Waals surface area contributed by atoms with Crippen molar-refractivity contribution in [2.24, 2.45) is 11.3 Å². The molecule has 2 atom stereocenters. The van der Waals surface area contributed by atoms with Gasteiger partial charge in [0, 0.05) is 5.41 Å². The number of hydrogen-bond donors (Lipinski definition) is 2. The number of rotatable bonds is 5. The average Bonchev–Trinajstić information content (AvgIpc) is 2.75. The van der Waals surface area contributed by atoms with Gasteiger partial charge in [-0.3, -0.25) is 14.4 Å². The first-order chi connectivity index (χ1) is 7.81. The largest absolute Gasteiger partial charge is 0.480 e. The van der Waals surface area contributed by atoms with Gasteiger partial charge in [0.2, 0.25) is 11.6 Å². The minimum atomic E-state index is -1.07. The maximum absolute atomic E-state index is 12.0. The molecule has 0 radical (unpaired) electrons. The minimum Gasteiger partial charge on any atom is -0.480 e. The quantitative estimate of drug-likeness (QED) is 0.689. The highest BCUT2D eigenvalue weighted by molar-refractivity contribution is 6.40. The Morgan fingerprint density at radius 1 is 1.35 bits per heavy atom. The Hall–Kier alpha value is -1.23. The van der Waals surface area contributed by atoms with Crippen molar-refractivity contribution < 1.29 is 19.5 Å². The molecular weight excluding hydrogens is 222 g/mol. The first-order valence-electron chi connectivity index (χ1n) is 5.86. The highest BCUT2D eigenvalue weighted by atomic mass is 16.4. The summed E-state index contributed by atoms with van der Waals surface area (Å²) in [6.45, 7) is 5.73. The summed E-state index contributed by atoms with van der Waals surface area (Å²) in [6, 6.07) is -0.917. The third kappa shape index (κ3) is 2.72. The molecule has 1 aliphatic heterocycles. The molecule has 1 rings (SSSR count). The summed E-state index contributed by atoms with van der Waals surface area (Å²) in [5.41, 5.74) is -0.706. The molecule has 0 aliphatic carbocycles. The van der Waals surface area contributed by atoms with E-state index >= 15 is 0 Å². The number of nitrogens with one attached hydrogen (secondary N) is 1. The molecule has 1 heterocycles. The van der Waals surface area contributed by atoms with Crippen molar-refractivity contribution in [1.82, 2.24) is 5.32 Å². The summed E-state index contributed by atoms with van der Waals surface area (Å²) >= 11 is 0. The Balaban J connectivity index is 2.83. The fraction of sp³-hybridized carbons (Fsp3) is 0.750. The molecule has 96 valence electrons. The maximum Gasteiger partial charge on any atom is 0.321 e. The zero-order valence-electron chi connectivity index (χ0n) is 10.4. The van der Waals surface area contributed by atoms with Gasteiger partial charge < -0.3 is 10.4 Å². The van der Waals surface area contributed by atoms with E-state index in [1.54, 1.807) is 13.8 Å². The van der Waals surface area contributed by atoms with Crippen LogP contribution in [0.3, 0.4) is 0 Å². The second-order valence-electron chi connectivity index (χ2n) is 5.10. The smallest absolute Gasteiger partial charge is 0.321 e. The fourth-order valence-corrected chi connectivity index (χ4v) is 1.91. The molecule has 0 aromatic heterocycles. The third-order valence-electron chi connectivity index (χ3n) is 3.55. The molecule has 0 aromatic carbocycles. The van der Waals surface area contributed by atoms with Crippen LogP contribution in [0.1, 0.15) is 33.6 Å². The van der Waals surface area contributed by atoms with Crippen LogP contribution in [-0.4, -0.2) is 35.2 Å². The molecule has 0 saturated carbocycles. The molecule has 1 saturated heterocycles. The molecule has 5 heteroatoms. The Bertz CT molecular complexity index is 348. The molecular formula is C12H19NO4. The normalized spacial score (nSPS) is 24.6. The van der Waals surface area contributed by atoms with Crippen LogP contribution in [0.2, 0.25) is 0 Å². The number of Topliss-reactive ketones (excluding diaryl/α,β-unsaturated/α-hetero) is 2. The van der Waals surface area contributed by atoms with Crippen LogP contribution in [0.4, 0.5) is 0 Å². The number of carboxylic acid groups (broad SMARTS) is 1. The summed E-state index contributed by atoms with van der Waals surface area (Å²) in [4.78, 5) is 34.9. The Morgan fingerprint density at radius 3 is 2.41 bits per heavy atom. The SMILES string of the molecule is CCC(C)(C)C(=O)C(=O)C1CCN[C@@H]1C(=O)O. The molecule has 0 aromatic rings. The highest BCUT2D eigenvalue weighted by Gasteiger charge is 2.43. The van der Waals surface area contributed by atoms with Gasteiger partial charge in [-0.15, -0.1) is 0 Å². The van der Waals surface area contributed by atoms with Crippen molar-refractivity contribution in [2.75, 3.05) is 6.54 Å². The third-order valence-corrected chi connectivity index (χ3v) is 3.55. The van der Waals surface area contributed by atoms with Gasteiger partial charge in [0.05, 0.1) is 5.92 Å². The topological polar surface area (TPSA) is 83.5 Å². The summed E-state index contributed by atoms with van der Waals surface area (Å²) in [7, 11) is 0. The number of carbonyl (C=O) groups is 3. The van der Waals surface area contributed by atoms with Crippen molar-refractivity contribution in [2.45, 2.75) is 39.7 Å². The number of aliphatic carboxylic acids is 1. The first-order valence-corrected chi connectivity index (χ1v) is 5.86. The number of carboxylic acids is 1. The van der Waals surface area contributed by atoms with Crippen LogP contribution in [0.5, 0.6) is 0 Å². The molecule has 2 N–H and O–H groups in total.